The molecule has 1 amide bonds. The van der Waals surface area contributed by atoms with E-state index in [-0.39, 0.29) is 23.7 Å². The van der Waals surface area contributed by atoms with Gasteiger partial charge >= 0.3 is 0 Å². The number of hydrogen-bond donors (Lipinski definition) is 1. The smallest absolute Gasteiger partial charge is 0.241 e. The van der Waals surface area contributed by atoms with Gasteiger partial charge in [0.25, 0.3) is 0 Å². The minimum Gasteiger partial charge on any atom is -0.494 e. The molecule has 0 saturated carbocycles. The van der Waals surface area contributed by atoms with Crippen LogP contribution in [0, 0.1) is 5.82 Å². The van der Waals surface area contributed by atoms with Crippen molar-refractivity contribution in [1.82, 2.24) is 15.0 Å². The summed E-state index contributed by atoms with van der Waals surface area (Å²) >= 11 is 0. The number of carbonyl (C=O) groups excluding carboxylic acids is 1. The van der Waals surface area contributed by atoms with Crippen molar-refractivity contribution in [3.05, 3.63) is 60.2 Å². The molecule has 2 unspecified atom stereocenters. The van der Waals surface area contributed by atoms with Crippen LogP contribution in [0.4, 0.5) is 10.1 Å². The van der Waals surface area contributed by atoms with Gasteiger partial charge in [-0.2, -0.15) is 4.98 Å². The fraction of sp³-hybridized carbons (Fsp3) is 0.375. The van der Waals surface area contributed by atoms with Crippen LogP contribution in [0.15, 0.2) is 53.1 Å². The number of ether oxygens (including phenoxy) is 1. The lowest BCUT2D eigenvalue weighted by molar-refractivity contribution is -0.121. The van der Waals surface area contributed by atoms with Crippen LogP contribution in [0.1, 0.15) is 38.5 Å². The molecule has 168 valence electrons. The monoisotopic (exact) mass is 438 g/mol. The van der Waals surface area contributed by atoms with E-state index >= 15 is 0 Å². The molecule has 4 rings (SSSR count). The topological polar surface area (TPSA) is 80.5 Å². The fourth-order valence-electron chi connectivity index (χ4n) is 3.92. The lowest BCUT2D eigenvalue weighted by atomic mass is 9.96. The first-order chi connectivity index (χ1) is 15.5. The molecule has 32 heavy (non-hydrogen) atoms. The lowest BCUT2D eigenvalue weighted by Crippen LogP contribution is -2.46. The Morgan fingerprint density at radius 1 is 1.31 bits per heavy atom. The molecule has 0 bridgehead atoms. The Balaban J connectivity index is 1.38. The number of nitrogens with one attached hydrogen (secondary N) is 1. The van der Waals surface area contributed by atoms with Crippen molar-refractivity contribution in [3.8, 4) is 17.1 Å². The molecule has 7 nitrogen and oxygen atoms in total. The van der Waals surface area contributed by atoms with E-state index in [0.717, 1.165) is 30.8 Å². The summed E-state index contributed by atoms with van der Waals surface area (Å²) in [5.41, 5.74) is 1.31. The van der Waals surface area contributed by atoms with E-state index in [1.807, 2.05) is 38.1 Å². The second-order valence-electron chi connectivity index (χ2n) is 7.92. The highest BCUT2D eigenvalue weighted by Gasteiger charge is 2.31. The summed E-state index contributed by atoms with van der Waals surface area (Å²) in [5, 5.41) is 6.99. The summed E-state index contributed by atoms with van der Waals surface area (Å²) < 4.78 is 24.4. The van der Waals surface area contributed by atoms with Crippen molar-refractivity contribution in [2.45, 2.75) is 38.6 Å². The Bertz CT molecular complexity index is 1050. The van der Waals surface area contributed by atoms with Crippen molar-refractivity contribution in [1.29, 1.82) is 0 Å². The Hall–Kier alpha value is -3.26. The van der Waals surface area contributed by atoms with Crippen molar-refractivity contribution in [3.63, 3.8) is 0 Å². The van der Waals surface area contributed by atoms with Crippen LogP contribution < -0.4 is 10.1 Å². The molecule has 2 aromatic carbocycles. The molecule has 2 atom stereocenters. The molecule has 3 aromatic rings. The highest BCUT2D eigenvalue weighted by atomic mass is 19.1. The van der Waals surface area contributed by atoms with Crippen LogP contribution >= 0.6 is 0 Å². The first kappa shape index (κ1) is 22.0. The van der Waals surface area contributed by atoms with Gasteiger partial charge in [0.2, 0.25) is 17.6 Å². The number of piperidine rings is 1. The number of hydrogen-bond acceptors (Lipinski definition) is 6. The molecule has 1 aliphatic heterocycles. The number of amides is 1. The molecule has 0 spiro atoms. The molecule has 0 radical (unpaired) electrons. The number of benzene rings is 2. The average molecular weight is 439 g/mol. The van der Waals surface area contributed by atoms with Crippen LogP contribution in [0.3, 0.4) is 0 Å². The minimum absolute atomic E-state index is 0.0271. The quantitative estimate of drug-likeness (QED) is 0.586. The molecule has 1 fully saturated rings. The number of anilines is 1. The molecular formula is C24H27FN4O3. The van der Waals surface area contributed by atoms with Crippen molar-refractivity contribution in [2.75, 3.05) is 25.0 Å². The van der Waals surface area contributed by atoms with Crippen LogP contribution in [0.2, 0.25) is 0 Å². The minimum atomic E-state index is -0.343. The highest BCUT2D eigenvalue weighted by Crippen LogP contribution is 2.29. The third kappa shape index (κ3) is 5.13. The second kappa shape index (κ2) is 9.91. The van der Waals surface area contributed by atoms with E-state index in [1.54, 1.807) is 12.1 Å². The van der Waals surface area contributed by atoms with Gasteiger partial charge in [-0.1, -0.05) is 17.3 Å². The van der Waals surface area contributed by atoms with Gasteiger partial charge in [-0.3, -0.25) is 9.69 Å². The first-order valence-electron chi connectivity index (χ1n) is 10.9. The Labute approximate surface area is 186 Å². The van der Waals surface area contributed by atoms with Crippen LogP contribution in [-0.4, -0.2) is 46.7 Å². The van der Waals surface area contributed by atoms with Gasteiger partial charge in [0.15, 0.2) is 0 Å². The molecule has 1 aromatic heterocycles. The first-order valence-corrected chi connectivity index (χ1v) is 10.9. The maximum Gasteiger partial charge on any atom is 0.241 e. The standard InChI is InChI=1S/C24H27FN4O3/c1-3-31-21-11-9-20(10-12-21)26-23(30)16(2)29-13-5-7-18(15-29)24-27-22(28-32-24)17-6-4-8-19(25)14-17/h4,6,8-12,14,16,18H,3,5,7,13,15H2,1-2H3,(H,26,30). The Morgan fingerprint density at radius 2 is 2.12 bits per heavy atom. The van der Waals surface area contributed by atoms with Gasteiger partial charge < -0.3 is 14.6 Å². The number of rotatable bonds is 7. The highest BCUT2D eigenvalue weighted by molar-refractivity contribution is 5.94. The number of carbonyl (C=O) groups is 1. The van der Waals surface area contributed by atoms with E-state index in [4.69, 9.17) is 9.26 Å². The predicted octanol–water partition coefficient (Wildman–Crippen LogP) is 4.48. The molecule has 0 aliphatic carbocycles. The maximum atomic E-state index is 13.5. The number of likely N-dealkylation sites (tertiary alicyclic amines) is 1. The summed E-state index contributed by atoms with van der Waals surface area (Å²) in [4.78, 5) is 19.4. The van der Waals surface area contributed by atoms with Crippen molar-refractivity contribution >= 4 is 11.6 Å². The van der Waals surface area contributed by atoms with E-state index in [0.29, 0.717) is 30.4 Å². The van der Waals surface area contributed by atoms with Gasteiger partial charge in [-0.25, -0.2) is 4.39 Å². The van der Waals surface area contributed by atoms with Gasteiger partial charge in [-0.15, -0.1) is 0 Å². The van der Waals surface area contributed by atoms with E-state index in [9.17, 15) is 9.18 Å². The zero-order chi connectivity index (χ0) is 22.5. The maximum absolute atomic E-state index is 13.5. The van der Waals surface area contributed by atoms with Crippen LogP contribution in [-0.2, 0) is 4.79 Å². The number of halogens is 1. The second-order valence-corrected chi connectivity index (χ2v) is 7.92. The average Bonchev–Trinajstić information content (AvgIpc) is 3.31. The van der Waals surface area contributed by atoms with Gasteiger partial charge in [0.05, 0.1) is 18.6 Å². The Morgan fingerprint density at radius 3 is 2.88 bits per heavy atom. The summed E-state index contributed by atoms with van der Waals surface area (Å²) in [7, 11) is 0. The summed E-state index contributed by atoms with van der Waals surface area (Å²) in [6, 6.07) is 13.2. The molecule has 1 saturated heterocycles. The zero-order valence-corrected chi connectivity index (χ0v) is 18.3. The molecule has 1 N–H and O–H groups in total. The Kier molecular flexibility index (Phi) is 6.80. The largest absolute Gasteiger partial charge is 0.494 e. The van der Waals surface area contributed by atoms with Crippen LogP contribution in [0.25, 0.3) is 11.4 Å². The lowest BCUT2D eigenvalue weighted by Gasteiger charge is -2.34. The van der Waals surface area contributed by atoms with E-state index in [2.05, 4.69) is 20.4 Å². The molecular weight excluding hydrogens is 411 g/mol. The van der Waals surface area contributed by atoms with Gasteiger partial charge in [-0.05, 0) is 69.6 Å². The fourth-order valence-corrected chi connectivity index (χ4v) is 3.92. The molecule has 1 aliphatic rings. The summed E-state index contributed by atoms with van der Waals surface area (Å²) in [6.45, 7) is 5.89. The number of aromatic nitrogens is 2. The van der Waals surface area contributed by atoms with Crippen LogP contribution in [0.5, 0.6) is 5.75 Å². The van der Waals surface area contributed by atoms with Gasteiger partial charge in [0, 0.05) is 17.8 Å². The van der Waals surface area contributed by atoms with E-state index < -0.39 is 0 Å². The van der Waals surface area contributed by atoms with Crippen molar-refractivity contribution in [2.24, 2.45) is 0 Å². The van der Waals surface area contributed by atoms with Crippen molar-refractivity contribution < 1.29 is 18.4 Å². The zero-order valence-electron chi connectivity index (χ0n) is 18.3. The third-order valence-electron chi connectivity index (χ3n) is 5.69. The number of nitrogens with zero attached hydrogens (tertiary/aromatic N) is 3. The van der Waals surface area contributed by atoms with E-state index in [1.165, 1.54) is 12.1 Å². The predicted molar refractivity (Wildman–Crippen MR) is 119 cm³/mol. The molecule has 8 heteroatoms. The third-order valence-corrected chi connectivity index (χ3v) is 5.69. The summed E-state index contributed by atoms with van der Waals surface area (Å²) in [6.07, 6.45) is 1.82. The normalized spacial score (nSPS) is 17.7. The summed E-state index contributed by atoms with van der Waals surface area (Å²) in [5.74, 6) is 1.28. The molecule has 2 heterocycles. The van der Waals surface area contributed by atoms with Gasteiger partial charge in [0.1, 0.15) is 11.6 Å². The SMILES string of the molecule is CCOc1ccc(NC(=O)C(C)N2CCCC(c3nc(-c4cccc(F)c4)no3)C2)cc1.